The molecule has 0 bridgehead atoms. The number of anilines is 1. The first-order chi connectivity index (χ1) is 15.4. The average Bonchev–Trinajstić information content (AvgIpc) is 3.27. The number of carbonyl (C=O) groups is 1. The maximum atomic E-state index is 11.9. The van der Waals surface area contributed by atoms with E-state index in [9.17, 15) is 4.79 Å². The first kappa shape index (κ1) is 27.3. The Labute approximate surface area is 205 Å². The van der Waals surface area contributed by atoms with Gasteiger partial charge in [-0.3, -0.25) is 0 Å². The van der Waals surface area contributed by atoms with Crippen molar-refractivity contribution in [2.24, 2.45) is 17.8 Å². The van der Waals surface area contributed by atoms with Crippen LogP contribution in [0.25, 0.3) is 0 Å². The molecule has 2 aliphatic rings. The Morgan fingerprint density at radius 1 is 0.970 bits per heavy atom. The van der Waals surface area contributed by atoms with Crippen LogP contribution in [0.1, 0.15) is 60.8 Å². The van der Waals surface area contributed by atoms with Crippen molar-refractivity contribution in [2.45, 2.75) is 63.8 Å². The van der Waals surface area contributed by atoms with Gasteiger partial charge in [0.1, 0.15) is 0 Å². The molecule has 0 heterocycles. The quantitative estimate of drug-likeness (QED) is 0.465. The molecule has 0 radical (unpaired) electrons. The Bertz CT molecular complexity index is 850. The summed E-state index contributed by atoms with van der Waals surface area (Å²) in [5, 5.41) is 5.73. The van der Waals surface area contributed by atoms with E-state index in [0.29, 0.717) is 6.54 Å². The number of urea groups is 1. The molecule has 0 aromatic heterocycles. The maximum Gasteiger partial charge on any atom is 0.319 e. The topological polar surface area (TPSA) is 72.6 Å². The van der Waals surface area contributed by atoms with Crippen molar-refractivity contribution in [2.75, 3.05) is 23.6 Å². The van der Waals surface area contributed by atoms with Gasteiger partial charge in [-0.15, -0.1) is 0 Å². The monoisotopic (exact) mass is 476 g/mol. The Balaban J connectivity index is 0.000000751. The van der Waals surface area contributed by atoms with E-state index >= 15 is 0 Å². The fraction of sp³-hybridized carbons (Fsp3) is 0.536. The number of hydrogen-bond acceptors (Lipinski definition) is 1. The molecular weight excluding hydrogens is 428 g/mol. The van der Waals surface area contributed by atoms with Crippen molar-refractivity contribution in [3.05, 3.63) is 60.2 Å². The van der Waals surface area contributed by atoms with Crippen LogP contribution >= 0.6 is 10.0 Å². The summed E-state index contributed by atoms with van der Waals surface area (Å²) in [6.45, 7) is 5.17. The van der Waals surface area contributed by atoms with Gasteiger partial charge in [-0.05, 0) is 83.6 Å². The average molecular weight is 477 g/mol. The van der Waals surface area contributed by atoms with Gasteiger partial charge in [-0.1, -0.05) is 69.9 Å². The largest absolute Gasteiger partial charge is 0.412 e. The van der Waals surface area contributed by atoms with Gasteiger partial charge in [0.2, 0.25) is 0 Å². The van der Waals surface area contributed by atoms with E-state index < -0.39 is 10.0 Å². The predicted molar refractivity (Wildman–Crippen MR) is 149 cm³/mol. The maximum absolute atomic E-state index is 11.9. The smallest absolute Gasteiger partial charge is 0.319 e. The lowest BCUT2D eigenvalue weighted by Gasteiger charge is -2.30. The van der Waals surface area contributed by atoms with E-state index in [4.69, 9.17) is 0 Å². The van der Waals surface area contributed by atoms with E-state index in [1.165, 1.54) is 17.7 Å². The fourth-order valence-corrected chi connectivity index (χ4v) is 6.17. The van der Waals surface area contributed by atoms with Gasteiger partial charge >= 0.3 is 6.03 Å². The lowest BCUT2D eigenvalue weighted by molar-refractivity contribution is 0.220. The van der Waals surface area contributed by atoms with Crippen LogP contribution in [0.3, 0.4) is 0 Å². The second-order valence-corrected chi connectivity index (χ2v) is 14.1. The predicted octanol–water partition coefficient (Wildman–Crippen LogP) is 7.34. The minimum Gasteiger partial charge on any atom is -0.412 e. The van der Waals surface area contributed by atoms with Crippen LogP contribution in [0.15, 0.2) is 59.5 Å². The van der Waals surface area contributed by atoms with Gasteiger partial charge in [0.25, 0.3) is 0 Å². The minimum atomic E-state index is -0.718. The molecule has 2 aromatic carbocycles. The van der Waals surface area contributed by atoms with Crippen LogP contribution < -0.4 is 10.6 Å². The Hall–Kier alpha value is -1.98. The molecule has 0 spiro atoms. The molecule has 4 N–H and O–H groups in total. The van der Waals surface area contributed by atoms with Crippen molar-refractivity contribution >= 4 is 21.7 Å². The minimum absolute atomic E-state index is 0. The summed E-state index contributed by atoms with van der Waals surface area (Å²) in [7, 11) is -0.718. The van der Waals surface area contributed by atoms with E-state index in [-0.39, 0.29) is 14.4 Å². The molecule has 2 fully saturated rings. The Morgan fingerprint density at radius 3 is 2.30 bits per heavy atom. The molecule has 4 nitrogen and oxygen atoms in total. The lowest BCUT2D eigenvalue weighted by Crippen LogP contribution is -2.28. The van der Waals surface area contributed by atoms with Gasteiger partial charge in [-0.2, -0.15) is 0 Å². The van der Waals surface area contributed by atoms with Crippen molar-refractivity contribution in [3.63, 3.8) is 0 Å². The highest BCUT2D eigenvalue weighted by molar-refractivity contribution is 8.32. The molecule has 2 saturated carbocycles. The van der Waals surface area contributed by atoms with Gasteiger partial charge in [-0.25, -0.2) is 14.8 Å². The first-order valence-corrected chi connectivity index (χ1v) is 14.9. The van der Waals surface area contributed by atoms with E-state index in [1.807, 2.05) is 42.5 Å². The Morgan fingerprint density at radius 2 is 1.64 bits per heavy atom. The summed E-state index contributed by atoms with van der Waals surface area (Å²) < 4.78 is 0. The number of benzene rings is 2. The molecule has 188 valence electrons. The second kappa shape index (κ2) is 13.0. The molecule has 0 aliphatic heterocycles. The van der Waals surface area contributed by atoms with Gasteiger partial charge in [0.15, 0.2) is 0 Å². The molecule has 4 rings (SSSR count). The molecule has 3 unspecified atom stereocenters. The third kappa shape index (κ3) is 8.38. The third-order valence-corrected chi connectivity index (χ3v) is 10.3. The van der Waals surface area contributed by atoms with E-state index in [2.05, 4.69) is 49.1 Å². The highest BCUT2D eigenvalue weighted by Crippen LogP contribution is 2.48. The number of nitrogens with one attached hydrogen (secondary N) is 2. The molecule has 3 atom stereocenters. The summed E-state index contributed by atoms with van der Waals surface area (Å²) in [6, 6.07) is 17.9. The van der Waals surface area contributed by atoms with E-state index in [1.54, 1.807) is 25.7 Å². The van der Waals surface area contributed by atoms with Crippen LogP contribution in [0, 0.1) is 17.8 Å². The standard InChI is InChI=1S/C18H24N2OS.C10H18.H2O.2H2/c1-4-22(2,3)17-12-10-16(11-13-17)20-18(21)19-14-15-8-6-5-7-9-15;1-8-5-6-9-3-2-4-10(9)7-8;;;/h5-13H,4,14H2,1-3H3,(H2,19,20,21);8-10H,2-7H2,1H3;1H2;2*1H. The van der Waals surface area contributed by atoms with Crippen LogP contribution in [0.2, 0.25) is 0 Å². The second-order valence-electron chi connectivity index (χ2n) is 10.0. The zero-order chi connectivity index (χ0) is 23.0. The Kier molecular flexibility index (Phi) is 10.8. The van der Waals surface area contributed by atoms with Gasteiger partial charge in [0.05, 0.1) is 0 Å². The van der Waals surface area contributed by atoms with Crippen molar-refractivity contribution in [3.8, 4) is 0 Å². The van der Waals surface area contributed by atoms with E-state index in [0.717, 1.165) is 34.8 Å². The molecule has 2 aliphatic carbocycles. The van der Waals surface area contributed by atoms with Crippen LogP contribution in [-0.2, 0) is 6.54 Å². The van der Waals surface area contributed by atoms with Gasteiger partial charge < -0.3 is 16.1 Å². The first-order valence-electron chi connectivity index (χ1n) is 12.3. The normalized spacial score (nSPS) is 22.1. The summed E-state index contributed by atoms with van der Waals surface area (Å²) in [5.74, 6) is 4.50. The summed E-state index contributed by atoms with van der Waals surface area (Å²) in [6.07, 6.45) is 13.9. The molecule has 2 aromatic rings. The van der Waals surface area contributed by atoms with Crippen molar-refractivity contribution < 1.29 is 13.1 Å². The van der Waals surface area contributed by atoms with Crippen molar-refractivity contribution in [1.82, 2.24) is 5.32 Å². The third-order valence-electron chi connectivity index (χ3n) is 7.32. The molecule has 0 saturated heterocycles. The van der Waals surface area contributed by atoms with Gasteiger partial charge in [0, 0.05) is 15.1 Å². The summed E-state index contributed by atoms with van der Waals surface area (Å²) in [4.78, 5) is 13.3. The summed E-state index contributed by atoms with van der Waals surface area (Å²) in [5.41, 5.74) is 1.90. The number of carbonyl (C=O) groups excluding carboxylic acids is 1. The van der Waals surface area contributed by atoms with Crippen LogP contribution in [-0.4, -0.2) is 29.8 Å². The molecular formula is C28H48N2O2S. The number of hydrogen-bond donors (Lipinski definition) is 2. The number of fused-ring (bicyclic) bond motifs is 1. The number of amides is 2. The zero-order valence-corrected chi connectivity index (χ0v) is 21.7. The highest BCUT2D eigenvalue weighted by Gasteiger charge is 2.31. The zero-order valence-electron chi connectivity index (χ0n) is 20.9. The highest BCUT2D eigenvalue weighted by atomic mass is 32.3. The molecule has 2 amide bonds. The SMILES string of the molecule is CC1CCC2CCCC2C1.CCS(C)(C)c1ccc(NC(=O)NCc2ccccc2)cc1.O.[HH].[HH]. The lowest BCUT2D eigenvalue weighted by atomic mass is 9.77. The van der Waals surface area contributed by atoms with Crippen molar-refractivity contribution in [1.29, 1.82) is 0 Å². The molecule has 33 heavy (non-hydrogen) atoms. The van der Waals surface area contributed by atoms with Crippen LogP contribution in [0.5, 0.6) is 0 Å². The summed E-state index contributed by atoms with van der Waals surface area (Å²) >= 11 is 0. The van der Waals surface area contributed by atoms with Crippen LogP contribution in [0.4, 0.5) is 10.5 Å². The fourth-order valence-electron chi connectivity index (χ4n) is 4.96. The number of rotatable bonds is 5. The molecule has 5 heteroatoms.